The summed E-state index contributed by atoms with van der Waals surface area (Å²) in [5.41, 5.74) is 2.42. The maximum absolute atomic E-state index is 5.61. The van der Waals surface area contributed by atoms with Gasteiger partial charge in [-0.1, -0.05) is 43.0 Å². The molecule has 1 atom stereocenters. The largest absolute Gasteiger partial charge is 0.377 e. The van der Waals surface area contributed by atoms with Gasteiger partial charge in [0.25, 0.3) is 0 Å². The van der Waals surface area contributed by atoms with Crippen LogP contribution in [0.25, 0.3) is 11.4 Å². The van der Waals surface area contributed by atoms with Crippen LogP contribution in [0.5, 0.6) is 0 Å². The van der Waals surface area contributed by atoms with E-state index in [4.69, 9.17) is 4.74 Å². The van der Waals surface area contributed by atoms with Crippen molar-refractivity contribution in [3.63, 3.8) is 0 Å². The minimum atomic E-state index is 0.366. The molecule has 1 fully saturated rings. The first-order valence-corrected chi connectivity index (χ1v) is 8.10. The molecule has 4 nitrogen and oxygen atoms in total. The standard InChI is InChI=1S/C15H19N3OS/c1-2-11-5-7-12(8-6-11)14-16-15(18-17-14)20-10-13-4-3-9-19-13/h5-8,13H,2-4,9-10H2,1H3,(H,16,17,18). The molecule has 2 aromatic rings. The number of benzene rings is 1. The number of thioether (sulfide) groups is 1. The lowest BCUT2D eigenvalue weighted by atomic mass is 10.1. The third-order valence-electron chi connectivity index (χ3n) is 3.52. The topological polar surface area (TPSA) is 50.8 Å². The van der Waals surface area contributed by atoms with E-state index in [1.54, 1.807) is 11.8 Å². The van der Waals surface area contributed by atoms with Crippen LogP contribution in [0.1, 0.15) is 25.3 Å². The Morgan fingerprint density at radius 1 is 1.35 bits per heavy atom. The Kier molecular flexibility index (Phi) is 4.38. The molecule has 0 spiro atoms. The van der Waals surface area contributed by atoms with Crippen molar-refractivity contribution in [2.75, 3.05) is 12.4 Å². The molecule has 106 valence electrons. The Balaban J connectivity index is 1.62. The molecule has 5 heteroatoms. The van der Waals surface area contributed by atoms with Crippen LogP contribution in [0, 0.1) is 0 Å². The minimum absolute atomic E-state index is 0.366. The van der Waals surface area contributed by atoms with Gasteiger partial charge < -0.3 is 4.74 Å². The van der Waals surface area contributed by atoms with Gasteiger partial charge in [0.2, 0.25) is 5.16 Å². The molecule has 0 bridgehead atoms. The van der Waals surface area contributed by atoms with E-state index in [0.29, 0.717) is 6.10 Å². The number of ether oxygens (including phenoxy) is 1. The summed E-state index contributed by atoms with van der Waals surface area (Å²) in [6.45, 7) is 3.05. The van der Waals surface area contributed by atoms with E-state index in [2.05, 4.69) is 46.4 Å². The molecule has 2 heterocycles. The van der Waals surface area contributed by atoms with Gasteiger partial charge >= 0.3 is 0 Å². The maximum atomic E-state index is 5.61. The molecule has 1 aromatic heterocycles. The quantitative estimate of drug-likeness (QED) is 0.858. The average Bonchev–Trinajstić information content (AvgIpc) is 3.17. The number of hydrogen-bond acceptors (Lipinski definition) is 4. The second-order valence-corrected chi connectivity index (χ2v) is 5.95. The van der Waals surface area contributed by atoms with Crippen molar-refractivity contribution in [1.29, 1.82) is 0 Å². The molecular weight excluding hydrogens is 270 g/mol. The van der Waals surface area contributed by atoms with Gasteiger partial charge in [-0.15, -0.1) is 5.10 Å². The predicted molar refractivity (Wildman–Crippen MR) is 80.9 cm³/mol. The zero-order valence-corrected chi connectivity index (χ0v) is 12.4. The number of aromatic amines is 1. The summed E-state index contributed by atoms with van der Waals surface area (Å²) < 4.78 is 5.61. The molecule has 1 aliphatic rings. The van der Waals surface area contributed by atoms with Gasteiger partial charge in [-0.3, -0.25) is 5.10 Å². The van der Waals surface area contributed by atoms with Crippen LogP contribution in [0.15, 0.2) is 29.4 Å². The normalized spacial score (nSPS) is 18.6. The third-order valence-corrected chi connectivity index (χ3v) is 4.50. The molecule has 1 aliphatic heterocycles. The molecular formula is C15H19N3OS. The number of rotatable bonds is 5. The summed E-state index contributed by atoms with van der Waals surface area (Å²) >= 11 is 1.66. The minimum Gasteiger partial charge on any atom is -0.377 e. The lowest BCUT2D eigenvalue weighted by Crippen LogP contribution is -2.07. The van der Waals surface area contributed by atoms with Gasteiger partial charge in [0.15, 0.2) is 5.82 Å². The van der Waals surface area contributed by atoms with E-state index in [9.17, 15) is 0 Å². The SMILES string of the molecule is CCc1ccc(-c2nc(SCC3CCCO3)n[nH]2)cc1. The Morgan fingerprint density at radius 3 is 2.90 bits per heavy atom. The molecule has 0 saturated carbocycles. The molecule has 0 amide bonds. The van der Waals surface area contributed by atoms with Crippen molar-refractivity contribution in [1.82, 2.24) is 15.2 Å². The van der Waals surface area contributed by atoms with Crippen LogP contribution in [-0.2, 0) is 11.2 Å². The first-order valence-electron chi connectivity index (χ1n) is 7.11. The van der Waals surface area contributed by atoms with Crippen LogP contribution in [0.2, 0.25) is 0 Å². The van der Waals surface area contributed by atoms with Gasteiger partial charge in [0, 0.05) is 17.9 Å². The van der Waals surface area contributed by atoms with Crippen LogP contribution in [0.3, 0.4) is 0 Å². The van der Waals surface area contributed by atoms with Crippen LogP contribution in [0.4, 0.5) is 0 Å². The highest BCUT2D eigenvalue weighted by molar-refractivity contribution is 7.99. The number of aromatic nitrogens is 3. The molecule has 20 heavy (non-hydrogen) atoms. The van der Waals surface area contributed by atoms with Gasteiger partial charge in [-0.05, 0) is 24.8 Å². The predicted octanol–water partition coefficient (Wildman–Crippen LogP) is 3.31. The highest BCUT2D eigenvalue weighted by Crippen LogP contribution is 2.23. The van der Waals surface area contributed by atoms with Crippen LogP contribution >= 0.6 is 11.8 Å². The van der Waals surface area contributed by atoms with Crippen molar-refractivity contribution in [3.8, 4) is 11.4 Å². The molecule has 3 rings (SSSR count). The fraction of sp³-hybridized carbons (Fsp3) is 0.467. The number of nitrogens with zero attached hydrogens (tertiary/aromatic N) is 2. The van der Waals surface area contributed by atoms with Crippen LogP contribution < -0.4 is 0 Å². The summed E-state index contributed by atoms with van der Waals surface area (Å²) in [6, 6.07) is 8.45. The monoisotopic (exact) mass is 289 g/mol. The van der Waals surface area contributed by atoms with E-state index < -0.39 is 0 Å². The first-order chi connectivity index (χ1) is 9.85. The van der Waals surface area contributed by atoms with Crippen molar-refractivity contribution in [2.45, 2.75) is 37.4 Å². The first kappa shape index (κ1) is 13.6. The number of H-pyrrole nitrogens is 1. The van der Waals surface area contributed by atoms with E-state index in [-0.39, 0.29) is 0 Å². The fourth-order valence-corrected chi connectivity index (χ4v) is 3.15. The number of aryl methyl sites for hydroxylation is 1. The third kappa shape index (κ3) is 3.22. The van der Waals surface area contributed by atoms with Crippen LogP contribution in [-0.4, -0.2) is 33.6 Å². The maximum Gasteiger partial charge on any atom is 0.208 e. The average molecular weight is 289 g/mol. The summed E-state index contributed by atoms with van der Waals surface area (Å²) in [5, 5.41) is 8.08. The molecule has 1 unspecified atom stereocenters. The summed E-state index contributed by atoms with van der Waals surface area (Å²) in [7, 11) is 0. The van der Waals surface area contributed by atoms with Gasteiger partial charge in [0.1, 0.15) is 0 Å². The Morgan fingerprint density at radius 2 is 2.20 bits per heavy atom. The lowest BCUT2D eigenvalue weighted by Gasteiger charge is -2.05. The second kappa shape index (κ2) is 6.41. The van der Waals surface area contributed by atoms with E-state index in [1.165, 1.54) is 12.0 Å². The summed E-state index contributed by atoms with van der Waals surface area (Å²) in [4.78, 5) is 4.54. The zero-order chi connectivity index (χ0) is 13.8. The zero-order valence-electron chi connectivity index (χ0n) is 11.6. The van der Waals surface area contributed by atoms with Gasteiger partial charge in [-0.25, -0.2) is 4.98 Å². The second-order valence-electron chi connectivity index (χ2n) is 4.96. The van der Waals surface area contributed by atoms with Crippen molar-refractivity contribution in [3.05, 3.63) is 29.8 Å². The molecule has 1 saturated heterocycles. The summed E-state index contributed by atoms with van der Waals surface area (Å²) in [5.74, 6) is 1.77. The van der Waals surface area contributed by atoms with E-state index in [1.807, 2.05) is 0 Å². The smallest absolute Gasteiger partial charge is 0.208 e. The lowest BCUT2D eigenvalue weighted by molar-refractivity contribution is 0.129. The van der Waals surface area contributed by atoms with Crippen molar-refractivity contribution < 1.29 is 4.74 Å². The van der Waals surface area contributed by atoms with Gasteiger partial charge in [-0.2, -0.15) is 0 Å². The Hall–Kier alpha value is -1.33. The number of hydrogen-bond donors (Lipinski definition) is 1. The van der Waals surface area contributed by atoms with Gasteiger partial charge in [0.05, 0.1) is 6.10 Å². The highest BCUT2D eigenvalue weighted by Gasteiger charge is 2.16. The van der Waals surface area contributed by atoms with Crippen molar-refractivity contribution >= 4 is 11.8 Å². The summed E-state index contributed by atoms with van der Waals surface area (Å²) in [6.07, 6.45) is 3.75. The Bertz CT molecular complexity index is 547. The molecule has 1 N–H and O–H groups in total. The highest BCUT2D eigenvalue weighted by atomic mass is 32.2. The van der Waals surface area contributed by atoms with Crippen molar-refractivity contribution in [2.24, 2.45) is 0 Å². The molecule has 0 radical (unpaired) electrons. The van der Waals surface area contributed by atoms with E-state index in [0.717, 1.165) is 41.7 Å². The molecule has 1 aromatic carbocycles. The van der Waals surface area contributed by atoms with E-state index >= 15 is 0 Å². The Labute approximate surface area is 123 Å². The number of nitrogens with one attached hydrogen (secondary N) is 1. The molecule has 0 aliphatic carbocycles. The fourth-order valence-electron chi connectivity index (χ4n) is 2.28.